The highest BCUT2D eigenvalue weighted by molar-refractivity contribution is 6.31. The van der Waals surface area contributed by atoms with Crippen LogP contribution in [0.3, 0.4) is 0 Å². The van der Waals surface area contributed by atoms with E-state index in [1.165, 1.54) is 0 Å². The molecule has 0 radical (unpaired) electrons. The second-order valence-corrected chi connectivity index (χ2v) is 6.19. The fourth-order valence-corrected chi connectivity index (χ4v) is 3.03. The number of anilines is 2. The van der Waals surface area contributed by atoms with Gasteiger partial charge in [0.05, 0.1) is 11.4 Å². The van der Waals surface area contributed by atoms with Crippen LogP contribution in [0, 0.1) is 0 Å². The SMILES string of the molecule is O=C(Nc1cccc(Cl)c1)Nc1c(-c2cccnc2)[nH]c2ccccc12. The Bertz CT molecular complexity index is 1080. The number of pyridine rings is 1. The average Bonchev–Trinajstić information content (AvgIpc) is 3.01. The van der Waals surface area contributed by atoms with Crippen LogP contribution in [0.4, 0.5) is 16.2 Å². The van der Waals surface area contributed by atoms with Crippen LogP contribution in [0.1, 0.15) is 0 Å². The van der Waals surface area contributed by atoms with Gasteiger partial charge in [-0.25, -0.2) is 4.79 Å². The Morgan fingerprint density at radius 2 is 1.88 bits per heavy atom. The number of nitrogens with zero attached hydrogens (tertiary/aromatic N) is 1. The van der Waals surface area contributed by atoms with Crippen LogP contribution >= 0.6 is 11.6 Å². The lowest BCUT2D eigenvalue weighted by Crippen LogP contribution is -2.19. The molecule has 26 heavy (non-hydrogen) atoms. The van der Waals surface area contributed by atoms with E-state index in [-0.39, 0.29) is 6.03 Å². The van der Waals surface area contributed by atoms with Crippen molar-refractivity contribution in [3.63, 3.8) is 0 Å². The standard InChI is InChI=1S/C20H15ClN4O/c21-14-6-3-7-15(11-14)23-20(26)25-19-16-8-1-2-9-17(16)24-18(19)13-5-4-10-22-12-13/h1-12,24H,(H2,23,25,26). The van der Waals surface area contributed by atoms with Gasteiger partial charge in [0.15, 0.2) is 0 Å². The molecule has 0 saturated heterocycles. The van der Waals surface area contributed by atoms with Crippen molar-refractivity contribution in [2.75, 3.05) is 10.6 Å². The number of urea groups is 1. The highest BCUT2D eigenvalue weighted by atomic mass is 35.5. The first-order chi connectivity index (χ1) is 12.7. The lowest BCUT2D eigenvalue weighted by atomic mass is 10.1. The van der Waals surface area contributed by atoms with E-state index in [4.69, 9.17) is 11.6 Å². The first-order valence-corrected chi connectivity index (χ1v) is 8.43. The number of H-pyrrole nitrogens is 1. The van der Waals surface area contributed by atoms with Crippen molar-refractivity contribution in [3.05, 3.63) is 78.1 Å². The molecule has 5 nitrogen and oxygen atoms in total. The maximum Gasteiger partial charge on any atom is 0.323 e. The molecule has 0 fully saturated rings. The van der Waals surface area contributed by atoms with Crippen LogP contribution in [-0.2, 0) is 0 Å². The van der Waals surface area contributed by atoms with Crippen LogP contribution in [0.15, 0.2) is 73.1 Å². The van der Waals surface area contributed by atoms with Crippen molar-refractivity contribution >= 4 is 39.9 Å². The molecule has 4 aromatic rings. The zero-order valence-electron chi connectivity index (χ0n) is 13.7. The van der Waals surface area contributed by atoms with E-state index in [0.717, 1.165) is 22.2 Å². The summed E-state index contributed by atoms with van der Waals surface area (Å²) >= 11 is 5.97. The molecule has 0 aliphatic carbocycles. The number of aromatic amines is 1. The molecule has 128 valence electrons. The normalized spacial score (nSPS) is 10.7. The summed E-state index contributed by atoms with van der Waals surface area (Å²) in [6.07, 6.45) is 3.47. The van der Waals surface area contributed by atoms with Crippen molar-refractivity contribution < 1.29 is 4.79 Å². The summed E-state index contributed by atoms with van der Waals surface area (Å²) < 4.78 is 0. The third kappa shape index (κ3) is 3.25. The molecule has 2 amide bonds. The highest BCUT2D eigenvalue weighted by Gasteiger charge is 2.15. The fourth-order valence-electron chi connectivity index (χ4n) is 2.84. The van der Waals surface area contributed by atoms with Gasteiger partial charge in [-0.05, 0) is 36.4 Å². The zero-order chi connectivity index (χ0) is 17.9. The molecule has 2 heterocycles. The summed E-state index contributed by atoms with van der Waals surface area (Å²) in [5.41, 5.74) is 3.96. The van der Waals surface area contributed by atoms with Gasteiger partial charge < -0.3 is 15.6 Å². The monoisotopic (exact) mass is 362 g/mol. The second kappa shape index (κ2) is 6.90. The first kappa shape index (κ1) is 16.2. The Morgan fingerprint density at radius 1 is 1.00 bits per heavy atom. The van der Waals surface area contributed by atoms with Gasteiger partial charge in [-0.2, -0.15) is 0 Å². The van der Waals surface area contributed by atoms with Crippen LogP contribution in [0.5, 0.6) is 0 Å². The third-order valence-electron chi connectivity index (χ3n) is 3.98. The third-order valence-corrected chi connectivity index (χ3v) is 4.21. The smallest absolute Gasteiger partial charge is 0.323 e. The molecular formula is C20H15ClN4O. The lowest BCUT2D eigenvalue weighted by molar-refractivity contribution is 0.262. The van der Waals surface area contributed by atoms with Gasteiger partial charge in [0, 0.05) is 39.6 Å². The molecule has 0 atom stereocenters. The van der Waals surface area contributed by atoms with E-state index >= 15 is 0 Å². The van der Waals surface area contributed by atoms with Gasteiger partial charge in [0.1, 0.15) is 0 Å². The van der Waals surface area contributed by atoms with Crippen LogP contribution in [0.25, 0.3) is 22.2 Å². The summed E-state index contributed by atoms with van der Waals surface area (Å²) in [6.45, 7) is 0. The molecule has 0 spiro atoms. The molecule has 2 aromatic heterocycles. The van der Waals surface area contributed by atoms with E-state index in [0.29, 0.717) is 16.4 Å². The van der Waals surface area contributed by atoms with Crippen molar-refractivity contribution in [2.24, 2.45) is 0 Å². The fraction of sp³-hybridized carbons (Fsp3) is 0. The topological polar surface area (TPSA) is 69.8 Å². The number of rotatable bonds is 3. The Labute approximate surface area is 155 Å². The van der Waals surface area contributed by atoms with Crippen LogP contribution < -0.4 is 10.6 Å². The molecular weight excluding hydrogens is 348 g/mol. The van der Waals surface area contributed by atoms with Crippen molar-refractivity contribution in [1.82, 2.24) is 9.97 Å². The van der Waals surface area contributed by atoms with Crippen LogP contribution in [0.2, 0.25) is 5.02 Å². The molecule has 0 saturated carbocycles. The number of amides is 2. The maximum absolute atomic E-state index is 12.5. The lowest BCUT2D eigenvalue weighted by Gasteiger charge is -2.09. The Hall–Kier alpha value is -3.31. The molecule has 0 aliphatic heterocycles. The molecule has 6 heteroatoms. The molecule has 0 unspecified atom stereocenters. The Balaban J connectivity index is 1.70. The second-order valence-electron chi connectivity index (χ2n) is 5.75. The van der Waals surface area contributed by atoms with E-state index in [1.807, 2.05) is 36.4 Å². The molecule has 0 bridgehead atoms. The highest BCUT2D eigenvalue weighted by Crippen LogP contribution is 2.34. The number of hydrogen-bond donors (Lipinski definition) is 3. The number of nitrogens with one attached hydrogen (secondary N) is 3. The predicted octanol–water partition coefficient (Wildman–Crippen LogP) is 5.53. The summed E-state index contributed by atoms with van der Waals surface area (Å²) in [5, 5.41) is 7.23. The van der Waals surface area contributed by atoms with E-state index < -0.39 is 0 Å². The molecule has 0 aliphatic rings. The maximum atomic E-state index is 12.5. The first-order valence-electron chi connectivity index (χ1n) is 8.05. The number of para-hydroxylation sites is 1. The van der Waals surface area contributed by atoms with Crippen molar-refractivity contribution in [1.29, 1.82) is 0 Å². The summed E-state index contributed by atoms with van der Waals surface area (Å²) in [4.78, 5) is 20.0. The summed E-state index contributed by atoms with van der Waals surface area (Å²) in [6, 6.07) is 18.3. The minimum atomic E-state index is -0.345. The molecule has 4 rings (SSSR count). The van der Waals surface area contributed by atoms with Gasteiger partial charge in [-0.3, -0.25) is 4.98 Å². The predicted molar refractivity (Wildman–Crippen MR) is 106 cm³/mol. The molecule has 3 N–H and O–H groups in total. The van der Waals surface area contributed by atoms with Gasteiger partial charge in [-0.1, -0.05) is 35.9 Å². The number of fused-ring (bicyclic) bond motifs is 1. The van der Waals surface area contributed by atoms with Gasteiger partial charge in [-0.15, -0.1) is 0 Å². The Morgan fingerprint density at radius 3 is 2.69 bits per heavy atom. The number of halogens is 1. The summed E-state index contributed by atoms with van der Waals surface area (Å²) in [7, 11) is 0. The quantitative estimate of drug-likeness (QED) is 0.448. The van der Waals surface area contributed by atoms with Gasteiger partial charge in [0.2, 0.25) is 0 Å². The van der Waals surface area contributed by atoms with Crippen molar-refractivity contribution in [2.45, 2.75) is 0 Å². The van der Waals surface area contributed by atoms with E-state index in [2.05, 4.69) is 20.6 Å². The van der Waals surface area contributed by atoms with Crippen molar-refractivity contribution in [3.8, 4) is 11.3 Å². The van der Waals surface area contributed by atoms with Gasteiger partial charge >= 0.3 is 6.03 Å². The molecule has 2 aromatic carbocycles. The van der Waals surface area contributed by atoms with E-state index in [9.17, 15) is 4.79 Å². The number of aromatic nitrogens is 2. The minimum Gasteiger partial charge on any atom is -0.353 e. The number of hydrogen-bond acceptors (Lipinski definition) is 2. The average molecular weight is 363 g/mol. The van der Waals surface area contributed by atoms with Gasteiger partial charge in [0.25, 0.3) is 0 Å². The van der Waals surface area contributed by atoms with Crippen LogP contribution in [-0.4, -0.2) is 16.0 Å². The number of carbonyl (C=O) groups is 1. The largest absolute Gasteiger partial charge is 0.353 e. The number of carbonyl (C=O) groups excluding carboxylic acids is 1. The number of benzene rings is 2. The minimum absolute atomic E-state index is 0.345. The Kier molecular flexibility index (Phi) is 4.29. The summed E-state index contributed by atoms with van der Waals surface area (Å²) in [5.74, 6) is 0. The van der Waals surface area contributed by atoms with E-state index in [1.54, 1.807) is 36.7 Å². The zero-order valence-corrected chi connectivity index (χ0v) is 14.4.